The van der Waals surface area contributed by atoms with E-state index in [4.69, 9.17) is 0 Å². The molecule has 2 nitrogen and oxygen atoms in total. The third-order valence-electron chi connectivity index (χ3n) is 12.9. The molecule has 40 heavy (non-hydrogen) atoms. The summed E-state index contributed by atoms with van der Waals surface area (Å²) in [6, 6.07) is 0. The Morgan fingerprint density at radius 1 is 1.02 bits per heavy atom. The Morgan fingerprint density at radius 3 is 2.27 bits per heavy atom. The Labute approximate surface area is 245 Å². The summed E-state index contributed by atoms with van der Waals surface area (Å²) >= 11 is 0. The lowest BCUT2D eigenvalue weighted by Crippen LogP contribution is -2.64. The average Bonchev–Trinajstić information content (AvgIpc) is 2.85. The van der Waals surface area contributed by atoms with E-state index in [1.807, 2.05) is 13.8 Å². The summed E-state index contributed by atoms with van der Waals surface area (Å²) in [4.78, 5) is 29.3. The zero-order chi connectivity index (χ0) is 29.4. The molecule has 0 aromatic carbocycles. The highest BCUT2D eigenvalue weighted by molar-refractivity contribution is 6.07. The fourth-order valence-corrected chi connectivity index (χ4v) is 10.7. The topological polar surface area (TPSA) is 34.1 Å². The van der Waals surface area contributed by atoms with Crippen LogP contribution in [0, 0.1) is 51.8 Å². The molecule has 0 radical (unpaired) electrons. The van der Waals surface area contributed by atoms with Gasteiger partial charge >= 0.3 is 0 Å². The normalized spacial score (nSPS) is 40.6. The second-order valence-electron chi connectivity index (χ2n) is 16.1. The van der Waals surface area contributed by atoms with Crippen LogP contribution in [0.25, 0.3) is 0 Å². The maximum absolute atomic E-state index is 14.9. The van der Waals surface area contributed by atoms with Crippen molar-refractivity contribution < 1.29 is 9.59 Å². The monoisotopic (exact) mass is 544 g/mol. The zero-order valence-electron chi connectivity index (χ0n) is 27.1. The molecular weight excluding hydrogens is 488 g/mol. The summed E-state index contributed by atoms with van der Waals surface area (Å²) in [6.45, 7) is 24.6. The second-order valence-corrected chi connectivity index (χ2v) is 16.1. The Balaban J connectivity index is 1.54. The van der Waals surface area contributed by atoms with Crippen molar-refractivity contribution in [2.24, 2.45) is 51.8 Å². The summed E-state index contributed by atoms with van der Waals surface area (Å²) in [5.41, 5.74) is 6.09. The number of carbonyl (C=O) groups excluding carboxylic acids is 2. The van der Waals surface area contributed by atoms with E-state index in [9.17, 15) is 9.59 Å². The molecule has 0 spiro atoms. The minimum absolute atomic E-state index is 0.00551. The summed E-state index contributed by atoms with van der Waals surface area (Å²) in [6.07, 6.45) is 14.7. The predicted molar refractivity (Wildman–Crippen MR) is 167 cm³/mol. The van der Waals surface area contributed by atoms with Gasteiger partial charge in [-0.1, -0.05) is 110 Å². The average molecular weight is 545 g/mol. The summed E-state index contributed by atoms with van der Waals surface area (Å²) in [7, 11) is 0. The Kier molecular flexibility index (Phi) is 7.62. The highest BCUT2D eigenvalue weighted by atomic mass is 16.1. The van der Waals surface area contributed by atoms with Crippen molar-refractivity contribution in [2.45, 2.75) is 127 Å². The van der Waals surface area contributed by atoms with Gasteiger partial charge in [-0.2, -0.15) is 0 Å². The Hall–Kier alpha value is -1.70. The van der Waals surface area contributed by atoms with Gasteiger partial charge in [0.15, 0.2) is 11.6 Å². The minimum Gasteiger partial charge on any atom is -0.294 e. The molecule has 3 fully saturated rings. The fourth-order valence-electron chi connectivity index (χ4n) is 10.7. The van der Waals surface area contributed by atoms with Crippen molar-refractivity contribution in [3.05, 3.63) is 46.1 Å². The van der Waals surface area contributed by atoms with Gasteiger partial charge in [0, 0.05) is 34.3 Å². The molecule has 3 saturated carbocycles. The molecule has 0 bridgehead atoms. The number of Topliss-reactive ketones (excluding diaryl/α,β-unsaturated/α-hetero) is 2. The van der Waals surface area contributed by atoms with Gasteiger partial charge < -0.3 is 0 Å². The van der Waals surface area contributed by atoms with E-state index in [2.05, 4.69) is 61.1 Å². The molecule has 5 aliphatic rings. The third-order valence-corrected chi connectivity index (χ3v) is 12.9. The number of ketones is 2. The molecule has 220 valence electrons. The van der Waals surface area contributed by atoms with Crippen LogP contribution < -0.4 is 0 Å². The molecular formula is C38H56O2. The van der Waals surface area contributed by atoms with Crippen molar-refractivity contribution in [3.63, 3.8) is 0 Å². The molecule has 0 amide bonds. The number of rotatable bonds is 4. The van der Waals surface area contributed by atoms with Gasteiger partial charge in [0.05, 0.1) is 0 Å². The molecule has 0 aromatic heterocycles. The number of fused-ring (bicyclic) bond motifs is 2. The molecule has 0 saturated heterocycles. The number of hydrogen-bond donors (Lipinski definition) is 0. The molecule has 0 N–H and O–H groups in total. The molecule has 7 unspecified atom stereocenters. The van der Waals surface area contributed by atoms with E-state index in [0.29, 0.717) is 17.6 Å². The molecule has 0 heterocycles. The first kappa shape index (κ1) is 29.8. The van der Waals surface area contributed by atoms with E-state index < -0.39 is 5.41 Å². The first-order valence-corrected chi connectivity index (χ1v) is 16.5. The van der Waals surface area contributed by atoms with Crippen LogP contribution in [0.4, 0.5) is 0 Å². The zero-order valence-corrected chi connectivity index (χ0v) is 27.1. The van der Waals surface area contributed by atoms with E-state index in [-0.39, 0.29) is 34.4 Å². The second kappa shape index (κ2) is 10.2. The third kappa shape index (κ3) is 4.32. The van der Waals surface area contributed by atoms with Crippen molar-refractivity contribution in [1.29, 1.82) is 0 Å². The minimum atomic E-state index is -0.562. The van der Waals surface area contributed by atoms with Gasteiger partial charge in [-0.05, 0) is 80.1 Å². The standard InChI is InChI=1S/C38H56O2/c1-22(2)29-18-28(17-16-27-14-12-11-13-15-27)25(6)32-30(29)20-36(8)21-37(9)19-24(5)31(23(3)4)35(40)38(37,10)26(7)33(36)34(32)39/h18,22,25-27,29,33H,5,11-17,19-21H2,1-4,6-10H3. The predicted octanol–water partition coefficient (Wildman–Crippen LogP) is 10.0. The van der Waals surface area contributed by atoms with Gasteiger partial charge in [-0.15, -0.1) is 0 Å². The number of allylic oxidation sites excluding steroid dienone is 7. The van der Waals surface area contributed by atoms with Gasteiger partial charge in [-0.25, -0.2) is 0 Å². The van der Waals surface area contributed by atoms with Crippen LogP contribution in [0.5, 0.6) is 0 Å². The molecule has 0 aliphatic heterocycles. The molecule has 0 aromatic rings. The van der Waals surface area contributed by atoms with Gasteiger partial charge in [-0.3, -0.25) is 9.59 Å². The largest absolute Gasteiger partial charge is 0.294 e. The highest BCUT2D eigenvalue weighted by Gasteiger charge is 2.68. The van der Waals surface area contributed by atoms with Crippen LogP contribution in [0.15, 0.2) is 46.1 Å². The van der Waals surface area contributed by atoms with Crippen molar-refractivity contribution in [1.82, 2.24) is 0 Å². The van der Waals surface area contributed by atoms with Crippen LogP contribution in [0.1, 0.15) is 127 Å². The van der Waals surface area contributed by atoms with E-state index >= 15 is 0 Å². The highest BCUT2D eigenvalue weighted by Crippen LogP contribution is 2.70. The Morgan fingerprint density at radius 2 is 1.68 bits per heavy atom. The van der Waals surface area contributed by atoms with Crippen molar-refractivity contribution in [3.8, 4) is 0 Å². The number of carbonyl (C=O) groups is 2. The van der Waals surface area contributed by atoms with Crippen LogP contribution in [-0.4, -0.2) is 11.6 Å². The lowest BCUT2D eigenvalue weighted by Gasteiger charge is -2.65. The van der Waals surface area contributed by atoms with E-state index in [1.54, 1.807) is 0 Å². The molecule has 2 heteroatoms. The number of hydrogen-bond acceptors (Lipinski definition) is 2. The smallest absolute Gasteiger partial charge is 0.169 e. The van der Waals surface area contributed by atoms with Gasteiger partial charge in [0.2, 0.25) is 0 Å². The summed E-state index contributed by atoms with van der Waals surface area (Å²) in [5, 5.41) is 0. The quantitative estimate of drug-likeness (QED) is 0.261. The maximum atomic E-state index is 14.9. The molecule has 5 rings (SSSR count). The van der Waals surface area contributed by atoms with E-state index in [0.717, 1.165) is 53.9 Å². The van der Waals surface area contributed by atoms with Crippen LogP contribution in [-0.2, 0) is 9.59 Å². The van der Waals surface area contributed by atoms with Crippen LogP contribution >= 0.6 is 0 Å². The molecule has 5 aliphatic carbocycles. The van der Waals surface area contributed by atoms with Crippen LogP contribution in [0.3, 0.4) is 0 Å². The van der Waals surface area contributed by atoms with Crippen molar-refractivity contribution in [2.75, 3.05) is 0 Å². The maximum Gasteiger partial charge on any atom is 0.169 e. The lowest BCUT2D eigenvalue weighted by atomic mass is 9.37. The first-order valence-electron chi connectivity index (χ1n) is 16.5. The Bertz CT molecular complexity index is 1200. The van der Waals surface area contributed by atoms with Crippen LogP contribution in [0.2, 0.25) is 0 Å². The summed E-state index contributed by atoms with van der Waals surface area (Å²) in [5.74, 6) is 2.39. The lowest BCUT2D eigenvalue weighted by molar-refractivity contribution is -0.170. The van der Waals surface area contributed by atoms with Crippen molar-refractivity contribution >= 4 is 11.6 Å². The van der Waals surface area contributed by atoms with Gasteiger partial charge in [0.1, 0.15) is 0 Å². The molecule has 7 atom stereocenters. The van der Waals surface area contributed by atoms with Gasteiger partial charge in [0.25, 0.3) is 0 Å². The summed E-state index contributed by atoms with van der Waals surface area (Å²) < 4.78 is 0. The van der Waals surface area contributed by atoms with E-state index in [1.165, 1.54) is 49.7 Å². The first-order chi connectivity index (χ1) is 18.7. The fraction of sp³-hybridized carbons (Fsp3) is 0.737. The SMILES string of the molecule is C=C1CC2(C)CC3(C)CC4=C(C(=O)C3C(C)C2(C)C(=O)C1=C(C)C)C(C)C(CCC1CCCCC1)=CC4C(C)C.